The summed E-state index contributed by atoms with van der Waals surface area (Å²) in [5.74, 6) is 0.951. The molecule has 0 aliphatic carbocycles. The Bertz CT molecular complexity index is 1090. The number of imidazole rings is 1. The van der Waals surface area contributed by atoms with Crippen LogP contribution in [0.3, 0.4) is 0 Å². The van der Waals surface area contributed by atoms with Crippen LogP contribution in [0.15, 0.2) is 48.5 Å². The predicted octanol–water partition coefficient (Wildman–Crippen LogP) is 5.48. The first kappa shape index (κ1) is 25.8. The van der Waals surface area contributed by atoms with E-state index < -0.39 is 0 Å². The average molecular weight is 483 g/mol. The number of amides is 2. The predicted molar refractivity (Wildman–Crippen MR) is 138 cm³/mol. The molecule has 0 saturated heterocycles. The SMILES string of the molecule is CCCN(CCC)C(=O)Cn1c(CCCCCNC(=O)c2ccccc2Cl)nc2ccccc21. The van der Waals surface area contributed by atoms with E-state index in [1.54, 1.807) is 18.2 Å². The zero-order valence-electron chi connectivity index (χ0n) is 20.2. The molecule has 0 aliphatic heterocycles. The van der Waals surface area contributed by atoms with Crippen molar-refractivity contribution < 1.29 is 9.59 Å². The zero-order valence-corrected chi connectivity index (χ0v) is 21.0. The molecule has 6 nitrogen and oxygen atoms in total. The Morgan fingerprint density at radius 2 is 1.68 bits per heavy atom. The molecule has 0 saturated carbocycles. The number of carbonyl (C=O) groups is 2. The van der Waals surface area contributed by atoms with E-state index in [-0.39, 0.29) is 11.8 Å². The van der Waals surface area contributed by atoms with Gasteiger partial charge in [0, 0.05) is 26.1 Å². The van der Waals surface area contributed by atoms with Crippen molar-refractivity contribution in [2.24, 2.45) is 0 Å². The van der Waals surface area contributed by atoms with Gasteiger partial charge in [0.05, 0.1) is 21.6 Å². The van der Waals surface area contributed by atoms with E-state index in [0.29, 0.717) is 23.7 Å². The summed E-state index contributed by atoms with van der Waals surface area (Å²) in [4.78, 5) is 32.1. The van der Waals surface area contributed by atoms with Crippen LogP contribution in [0.25, 0.3) is 11.0 Å². The minimum absolute atomic E-state index is 0.144. The van der Waals surface area contributed by atoms with Crippen molar-refractivity contribution in [3.05, 3.63) is 64.9 Å². The first-order chi connectivity index (χ1) is 16.5. The lowest BCUT2D eigenvalue weighted by atomic mass is 10.1. The number of unbranched alkanes of at least 4 members (excludes halogenated alkanes) is 2. The normalized spacial score (nSPS) is 11.0. The Morgan fingerprint density at radius 1 is 0.971 bits per heavy atom. The maximum Gasteiger partial charge on any atom is 0.252 e. The van der Waals surface area contributed by atoms with Gasteiger partial charge < -0.3 is 14.8 Å². The summed E-state index contributed by atoms with van der Waals surface area (Å²) in [6.45, 7) is 6.70. The van der Waals surface area contributed by atoms with Crippen LogP contribution in [-0.2, 0) is 17.8 Å². The first-order valence-corrected chi connectivity index (χ1v) is 12.7. The lowest BCUT2D eigenvalue weighted by molar-refractivity contribution is -0.131. The van der Waals surface area contributed by atoms with Gasteiger partial charge >= 0.3 is 0 Å². The lowest BCUT2D eigenvalue weighted by Crippen LogP contribution is -2.35. The molecule has 2 amide bonds. The minimum Gasteiger partial charge on any atom is -0.352 e. The summed E-state index contributed by atoms with van der Waals surface area (Å²) < 4.78 is 2.08. The third-order valence-electron chi connectivity index (χ3n) is 5.85. The van der Waals surface area contributed by atoms with Gasteiger partial charge in [-0.3, -0.25) is 9.59 Å². The Hall–Kier alpha value is -2.86. The number of fused-ring (bicyclic) bond motifs is 1. The number of para-hydroxylation sites is 2. The quantitative estimate of drug-likeness (QED) is 0.328. The van der Waals surface area contributed by atoms with E-state index in [1.807, 2.05) is 35.2 Å². The minimum atomic E-state index is -0.144. The number of aryl methyl sites for hydroxylation is 1. The Kier molecular flexibility index (Phi) is 9.95. The van der Waals surface area contributed by atoms with Gasteiger partial charge in [-0.1, -0.05) is 56.1 Å². The number of nitrogens with one attached hydrogen (secondary N) is 1. The fourth-order valence-electron chi connectivity index (χ4n) is 4.16. The molecule has 2 aromatic carbocycles. The highest BCUT2D eigenvalue weighted by atomic mass is 35.5. The van der Waals surface area contributed by atoms with Crippen molar-refractivity contribution in [3.8, 4) is 0 Å². The second-order valence-electron chi connectivity index (χ2n) is 8.53. The van der Waals surface area contributed by atoms with E-state index >= 15 is 0 Å². The van der Waals surface area contributed by atoms with Crippen LogP contribution in [-0.4, -0.2) is 45.9 Å². The third-order valence-corrected chi connectivity index (χ3v) is 6.18. The molecule has 1 aromatic heterocycles. The number of nitrogens with zero attached hydrogens (tertiary/aromatic N) is 3. The van der Waals surface area contributed by atoms with Crippen LogP contribution in [0.4, 0.5) is 0 Å². The van der Waals surface area contributed by atoms with Gasteiger partial charge in [0.1, 0.15) is 12.4 Å². The van der Waals surface area contributed by atoms with Gasteiger partial charge in [-0.25, -0.2) is 4.98 Å². The fourth-order valence-corrected chi connectivity index (χ4v) is 4.38. The van der Waals surface area contributed by atoms with E-state index in [0.717, 1.165) is 68.5 Å². The van der Waals surface area contributed by atoms with E-state index in [9.17, 15) is 9.59 Å². The fraction of sp³-hybridized carbons (Fsp3) is 0.444. The molecule has 0 spiro atoms. The molecule has 0 aliphatic rings. The standard InChI is InChI=1S/C27H35ClN4O2/c1-3-18-31(19-4-2)26(33)20-32-24-15-10-9-14-23(24)30-25(32)16-6-5-11-17-29-27(34)21-12-7-8-13-22(21)28/h7-10,12-15H,3-6,11,16-20H2,1-2H3,(H,29,34). The number of rotatable bonds is 13. The summed E-state index contributed by atoms with van der Waals surface area (Å²) in [6, 6.07) is 15.1. The van der Waals surface area contributed by atoms with Gasteiger partial charge in [-0.2, -0.15) is 0 Å². The number of hydrogen-bond donors (Lipinski definition) is 1. The number of aromatic nitrogens is 2. The van der Waals surface area contributed by atoms with Gasteiger partial charge in [0.2, 0.25) is 5.91 Å². The van der Waals surface area contributed by atoms with Crippen LogP contribution in [0, 0.1) is 0 Å². The maximum atomic E-state index is 13.0. The molecule has 3 aromatic rings. The zero-order chi connectivity index (χ0) is 24.3. The van der Waals surface area contributed by atoms with Gasteiger partial charge in [0.25, 0.3) is 5.91 Å². The second kappa shape index (κ2) is 13.1. The van der Waals surface area contributed by atoms with Crippen LogP contribution < -0.4 is 5.32 Å². The molecule has 3 rings (SSSR count). The Balaban J connectivity index is 1.55. The molecule has 0 fully saturated rings. The van der Waals surface area contributed by atoms with Crippen molar-refractivity contribution in [2.45, 2.75) is 58.9 Å². The highest BCUT2D eigenvalue weighted by molar-refractivity contribution is 6.33. The van der Waals surface area contributed by atoms with E-state index in [1.165, 1.54) is 0 Å². The summed E-state index contributed by atoms with van der Waals surface area (Å²) in [5.41, 5.74) is 2.43. The highest BCUT2D eigenvalue weighted by Gasteiger charge is 2.17. The maximum absolute atomic E-state index is 13.0. The first-order valence-electron chi connectivity index (χ1n) is 12.3. The van der Waals surface area contributed by atoms with Crippen LogP contribution in [0.1, 0.15) is 62.1 Å². The summed E-state index contributed by atoms with van der Waals surface area (Å²) >= 11 is 6.09. The molecule has 7 heteroatoms. The Labute approximate surface area is 207 Å². The number of benzene rings is 2. The van der Waals surface area contributed by atoms with Gasteiger partial charge in [-0.05, 0) is 49.9 Å². The van der Waals surface area contributed by atoms with E-state index in [4.69, 9.17) is 16.6 Å². The molecule has 1 heterocycles. The van der Waals surface area contributed by atoms with Crippen LogP contribution in [0.5, 0.6) is 0 Å². The monoisotopic (exact) mass is 482 g/mol. The van der Waals surface area contributed by atoms with Gasteiger partial charge in [-0.15, -0.1) is 0 Å². The summed E-state index contributed by atoms with van der Waals surface area (Å²) in [5, 5.41) is 3.40. The number of hydrogen-bond acceptors (Lipinski definition) is 3. The lowest BCUT2D eigenvalue weighted by Gasteiger charge is -2.22. The van der Waals surface area contributed by atoms with Crippen molar-refractivity contribution in [1.82, 2.24) is 19.8 Å². The van der Waals surface area contributed by atoms with Crippen molar-refractivity contribution in [3.63, 3.8) is 0 Å². The van der Waals surface area contributed by atoms with E-state index in [2.05, 4.69) is 23.7 Å². The number of halogens is 1. The molecule has 1 N–H and O–H groups in total. The second-order valence-corrected chi connectivity index (χ2v) is 8.94. The van der Waals surface area contributed by atoms with Crippen molar-refractivity contribution in [1.29, 1.82) is 0 Å². The van der Waals surface area contributed by atoms with Crippen molar-refractivity contribution in [2.75, 3.05) is 19.6 Å². The molecule has 0 unspecified atom stereocenters. The molecule has 0 radical (unpaired) electrons. The smallest absolute Gasteiger partial charge is 0.252 e. The van der Waals surface area contributed by atoms with Crippen LogP contribution in [0.2, 0.25) is 5.02 Å². The number of carbonyl (C=O) groups excluding carboxylic acids is 2. The third kappa shape index (κ3) is 6.83. The highest BCUT2D eigenvalue weighted by Crippen LogP contribution is 2.19. The topological polar surface area (TPSA) is 67.2 Å². The molecular formula is C27H35ClN4O2. The molecule has 0 atom stereocenters. The molecule has 182 valence electrons. The average Bonchev–Trinajstić information content (AvgIpc) is 3.18. The van der Waals surface area contributed by atoms with Crippen molar-refractivity contribution >= 4 is 34.4 Å². The summed E-state index contributed by atoms with van der Waals surface area (Å²) in [7, 11) is 0. The van der Waals surface area contributed by atoms with Gasteiger partial charge in [0.15, 0.2) is 0 Å². The largest absolute Gasteiger partial charge is 0.352 e. The molecular weight excluding hydrogens is 448 g/mol. The Morgan fingerprint density at radius 3 is 2.41 bits per heavy atom. The summed E-state index contributed by atoms with van der Waals surface area (Å²) in [6.07, 6.45) is 5.47. The van der Waals surface area contributed by atoms with Crippen LogP contribution >= 0.6 is 11.6 Å². The molecule has 34 heavy (non-hydrogen) atoms. The molecule has 0 bridgehead atoms.